The van der Waals surface area contributed by atoms with Gasteiger partial charge >= 0.3 is 0 Å². The highest BCUT2D eigenvalue weighted by molar-refractivity contribution is 7.91. The quantitative estimate of drug-likeness (QED) is 0.701. The van der Waals surface area contributed by atoms with Crippen LogP contribution in [-0.4, -0.2) is 29.7 Å². The number of pyridine rings is 1. The molecule has 0 amide bonds. The van der Waals surface area contributed by atoms with Crippen LogP contribution in [0.3, 0.4) is 0 Å². The Morgan fingerprint density at radius 3 is 2.75 bits per heavy atom. The molecule has 0 aromatic carbocycles. The molecule has 0 fully saturated rings. The van der Waals surface area contributed by atoms with Gasteiger partial charge in [0, 0.05) is 23.8 Å². The van der Waals surface area contributed by atoms with Gasteiger partial charge in [0.2, 0.25) is 10.0 Å². The lowest BCUT2D eigenvalue weighted by atomic mass is 10.3. The summed E-state index contributed by atoms with van der Waals surface area (Å²) >= 11 is 1.31. The first kappa shape index (κ1) is 16.8. The van der Waals surface area contributed by atoms with Crippen LogP contribution < -0.4 is 4.72 Å². The molecule has 3 heterocycles. The Hall–Kier alpha value is -2.03. The number of aromatic nitrogens is 3. The van der Waals surface area contributed by atoms with Crippen LogP contribution in [0.1, 0.15) is 11.8 Å². The van der Waals surface area contributed by atoms with E-state index in [1.165, 1.54) is 11.3 Å². The highest BCUT2D eigenvalue weighted by atomic mass is 32.2. The first-order valence-corrected chi connectivity index (χ1v) is 9.91. The summed E-state index contributed by atoms with van der Waals surface area (Å²) < 4.78 is 29.2. The van der Waals surface area contributed by atoms with Crippen LogP contribution in [0.2, 0.25) is 0 Å². The molecular formula is C16H18N4O2S2. The van der Waals surface area contributed by atoms with E-state index in [1.807, 2.05) is 43.5 Å². The minimum absolute atomic E-state index is 0.283. The van der Waals surface area contributed by atoms with E-state index in [9.17, 15) is 8.42 Å². The van der Waals surface area contributed by atoms with Crippen LogP contribution in [0.5, 0.6) is 0 Å². The molecule has 0 saturated heterocycles. The molecule has 0 aliphatic carbocycles. The second-order valence-electron chi connectivity index (χ2n) is 5.15. The zero-order valence-corrected chi connectivity index (χ0v) is 14.8. The molecule has 3 aromatic heterocycles. The summed E-state index contributed by atoms with van der Waals surface area (Å²) in [5.41, 5.74) is 1.56. The molecule has 0 radical (unpaired) electrons. The fourth-order valence-electron chi connectivity index (χ4n) is 2.20. The van der Waals surface area contributed by atoms with Gasteiger partial charge in [-0.2, -0.15) is 5.10 Å². The Morgan fingerprint density at radius 2 is 2.04 bits per heavy atom. The van der Waals surface area contributed by atoms with Crippen molar-refractivity contribution in [2.75, 3.05) is 6.54 Å². The fraction of sp³-hybridized carbons (Fsp3) is 0.250. The van der Waals surface area contributed by atoms with Gasteiger partial charge in [0.25, 0.3) is 0 Å². The molecule has 3 aromatic rings. The Balaban J connectivity index is 1.59. The average molecular weight is 362 g/mol. The van der Waals surface area contributed by atoms with E-state index in [1.54, 1.807) is 16.9 Å². The summed E-state index contributed by atoms with van der Waals surface area (Å²) in [4.78, 5) is 5.30. The minimum atomic E-state index is -3.45. The summed E-state index contributed by atoms with van der Waals surface area (Å²) in [5.74, 6) is 0. The van der Waals surface area contributed by atoms with Crippen molar-refractivity contribution in [1.82, 2.24) is 19.5 Å². The molecule has 126 valence electrons. The molecular weight excluding hydrogens is 344 g/mol. The molecule has 1 N–H and O–H groups in total. The molecule has 8 heteroatoms. The molecule has 3 rings (SSSR count). The number of hydrogen-bond donors (Lipinski definition) is 1. The highest BCUT2D eigenvalue weighted by Gasteiger charge is 2.16. The monoisotopic (exact) mass is 362 g/mol. The molecule has 0 spiro atoms. The maximum absolute atomic E-state index is 12.2. The van der Waals surface area contributed by atoms with Crippen LogP contribution in [0.4, 0.5) is 0 Å². The van der Waals surface area contributed by atoms with Gasteiger partial charge in [0.05, 0.1) is 12.2 Å². The summed E-state index contributed by atoms with van der Waals surface area (Å²) in [6, 6.07) is 11.0. The van der Waals surface area contributed by atoms with Crippen molar-refractivity contribution in [2.24, 2.45) is 0 Å². The molecule has 0 aliphatic rings. The normalized spacial score (nSPS) is 11.7. The van der Waals surface area contributed by atoms with Gasteiger partial charge in [0.1, 0.15) is 9.90 Å². The van der Waals surface area contributed by atoms with Gasteiger partial charge in [-0.05, 0) is 36.8 Å². The summed E-state index contributed by atoms with van der Waals surface area (Å²) in [6.45, 7) is 2.75. The van der Waals surface area contributed by atoms with E-state index in [0.717, 1.165) is 22.7 Å². The molecule has 24 heavy (non-hydrogen) atoms. The number of nitrogens with zero attached hydrogens (tertiary/aromatic N) is 3. The van der Waals surface area contributed by atoms with E-state index in [4.69, 9.17) is 0 Å². The number of aryl methyl sites for hydroxylation is 1. The van der Waals surface area contributed by atoms with Gasteiger partial charge in [-0.15, -0.1) is 11.3 Å². The van der Waals surface area contributed by atoms with Crippen LogP contribution in [0, 0.1) is 0 Å². The Labute approximate surface area is 145 Å². The highest BCUT2D eigenvalue weighted by Crippen LogP contribution is 2.21. The summed E-state index contributed by atoms with van der Waals surface area (Å²) in [5, 5.41) is 4.41. The smallest absolute Gasteiger partial charge is 0.250 e. The molecule has 0 saturated carbocycles. The number of hydrogen-bond acceptors (Lipinski definition) is 5. The van der Waals surface area contributed by atoms with Crippen molar-refractivity contribution >= 4 is 21.4 Å². The number of sulfonamides is 1. The first-order valence-electron chi connectivity index (χ1n) is 7.62. The lowest BCUT2D eigenvalue weighted by molar-refractivity contribution is 0.563. The van der Waals surface area contributed by atoms with E-state index in [-0.39, 0.29) is 6.54 Å². The number of thiophene rings is 1. The van der Waals surface area contributed by atoms with Crippen LogP contribution in [-0.2, 0) is 23.0 Å². The zero-order valence-electron chi connectivity index (χ0n) is 13.2. The van der Waals surface area contributed by atoms with E-state index < -0.39 is 10.0 Å². The molecule has 0 atom stereocenters. The van der Waals surface area contributed by atoms with E-state index >= 15 is 0 Å². The third kappa shape index (κ3) is 3.89. The van der Waals surface area contributed by atoms with Crippen LogP contribution in [0.15, 0.2) is 53.0 Å². The molecule has 0 bridgehead atoms. The Morgan fingerprint density at radius 1 is 1.17 bits per heavy atom. The topological polar surface area (TPSA) is 76.9 Å². The van der Waals surface area contributed by atoms with Gasteiger partial charge in [-0.25, -0.2) is 13.1 Å². The Bertz CT molecular complexity index is 901. The maximum Gasteiger partial charge on any atom is 0.250 e. The lowest BCUT2D eigenvalue weighted by Gasteiger charge is -2.05. The zero-order chi connectivity index (χ0) is 17.0. The summed E-state index contributed by atoms with van der Waals surface area (Å²) in [6.07, 6.45) is 4.37. The van der Waals surface area contributed by atoms with Crippen LogP contribution >= 0.6 is 11.3 Å². The second-order valence-corrected chi connectivity index (χ2v) is 8.31. The van der Waals surface area contributed by atoms with E-state index in [2.05, 4.69) is 14.8 Å². The van der Waals surface area contributed by atoms with Crippen molar-refractivity contribution in [3.05, 3.63) is 53.7 Å². The predicted molar refractivity (Wildman–Crippen MR) is 94.3 cm³/mol. The van der Waals surface area contributed by atoms with Crippen molar-refractivity contribution in [2.45, 2.75) is 24.1 Å². The van der Waals surface area contributed by atoms with Crippen molar-refractivity contribution in [3.63, 3.8) is 0 Å². The third-order valence-electron chi connectivity index (χ3n) is 3.45. The number of nitrogens with one attached hydrogen (secondary N) is 1. The second kappa shape index (κ2) is 7.25. The first-order chi connectivity index (χ1) is 11.6. The van der Waals surface area contributed by atoms with Crippen LogP contribution in [0.25, 0.3) is 11.4 Å². The largest absolute Gasteiger partial charge is 0.271 e. The van der Waals surface area contributed by atoms with E-state index in [0.29, 0.717) is 10.8 Å². The Kier molecular flexibility index (Phi) is 5.08. The molecule has 6 nitrogen and oxygen atoms in total. The van der Waals surface area contributed by atoms with Gasteiger partial charge in [0.15, 0.2) is 0 Å². The minimum Gasteiger partial charge on any atom is -0.271 e. The lowest BCUT2D eigenvalue weighted by Crippen LogP contribution is -2.27. The standard InChI is InChI=1S/C16H18N4O2S2/c1-2-13-6-7-16(23-13)24(21,22)18-10-12-20-11-8-15(19-20)14-5-3-4-9-17-14/h3-9,11,18H,2,10,12H2,1H3. The maximum atomic E-state index is 12.2. The molecule has 0 unspecified atom stereocenters. The van der Waals surface area contributed by atoms with Crippen molar-refractivity contribution in [3.8, 4) is 11.4 Å². The fourth-order valence-corrected chi connectivity index (χ4v) is 4.56. The van der Waals surface area contributed by atoms with Crippen molar-refractivity contribution < 1.29 is 8.42 Å². The molecule has 0 aliphatic heterocycles. The third-order valence-corrected chi connectivity index (χ3v) is 6.63. The average Bonchev–Trinajstić information content (AvgIpc) is 3.25. The predicted octanol–water partition coefficient (Wildman–Crippen LogP) is 2.55. The summed E-state index contributed by atoms with van der Waals surface area (Å²) in [7, 11) is -3.45. The van der Waals surface area contributed by atoms with Gasteiger partial charge in [-0.1, -0.05) is 13.0 Å². The SMILES string of the molecule is CCc1ccc(S(=O)(=O)NCCn2ccc(-c3ccccn3)n2)s1. The number of rotatable bonds is 7. The van der Waals surface area contributed by atoms with Gasteiger partial charge in [-0.3, -0.25) is 9.67 Å². The van der Waals surface area contributed by atoms with Gasteiger partial charge < -0.3 is 0 Å². The van der Waals surface area contributed by atoms with Crippen molar-refractivity contribution in [1.29, 1.82) is 0 Å².